The monoisotopic (exact) mass is 414 g/mol. The van der Waals surface area contributed by atoms with E-state index in [1.165, 1.54) is 22.5 Å². The minimum atomic E-state index is 0.431. The predicted octanol–water partition coefficient (Wildman–Crippen LogP) is 4.86. The molecule has 6 rings (SSSR count). The smallest absolute Gasteiger partial charge is 0.171 e. The number of fused-ring (bicyclic) bond motifs is 3. The maximum Gasteiger partial charge on any atom is 0.171 e. The zero-order valence-electron chi connectivity index (χ0n) is 17.5. The van der Waals surface area contributed by atoms with Gasteiger partial charge in [0.2, 0.25) is 0 Å². The van der Waals surface area contributed by atoms with Gasteiger partial charge in [-0.2, -0.15) is 4.89 Å². The van der Waals surface area contributed by atoms with Crippen LogP contribution in [0.2, 0.25) is 0 Å². The molecule has 0 N–H and O–H groups in total. The zero-order valence-corrected chi connectivity index (χ0v) is 17.5. The Balaban J connectivity index is 1.20. The summed E-state index contributed by atoms with van der Waals surface area (Å²) in [6, 6.07) is 23.9. The van der Waals surface area contributed by atoms with Crippen LogP contribution in [0.5, 0.6) is 11.5 Å². The van der Waals surface area contributed by atoms with Crippen LogP contribution in [0.15, 0.2) is 66.7 Å². The standard InChI is InChI=1S/C26H26N2O3/c1-2-6-23-20(5-1)17-29-25-8-4-3-7-24(25)28(23)22-12-14-27(16-22)13-11-19-9-10-21-18-30-31-26(21)15-19/h1-10,15,22H,11-14,16-18H2/t22-/m1/s1. The molecular weight excluding hydrogens is 388 g/mol. The summed E-state index contributed by atoms with van der Waals surface area (Å²) in [6.45, 7) is 4.37. The topological polar surface area (TPSA) is 34.2 Å². The van der Waals surface area contributed by atoms with Crippen molar-refractivity contribution in [2.24, 2.45) is 0 Å². The Hall–Kier alpha value is -3.02. The molecule has 0 unspecified atom stereocenters. The van der Waals surface area contributed by atoms with Gasteiger partial charge in [0.25, 0.3) is 0 Å². The second kappa shape index (κ2) is 7.91. The first kappa shape index (κ1) is 18.7. The SMILES string of the molecule is c1ccc2c(c1)COc1ccccc1N2[C@@H]1CCN(CCc2ccc3c(c2)OOC3)C1. The van der Waals surface area contributed by atoms with Crippen LogP contribution in [0.25, 0.3) is 0 Å². The molecule has 0 saturated carbocycles. The molecule has 1 fully saturated rings. The second-order valence-corrected chi connectivity index (χ2v) is 8.54. The Labute approximate surface area is 182 Å². The van der Waals surface area contributed by atoms with Crippen LogP contribution < -0.4 is 14.5 Å². The van der Waals surface area contributed by atoms with Crippen molar-refractivity contribution in [2.45, 2.75) is 32.1 Å². The quantitative estimate of drug-likeness (QED) is 0.570. The van der Waals surface area contributed by atoms with Crippen molar-refractivity contribution in [3.05, 3.63) is 83.4 Å². The molecule has 5 heteroatoms. The molecule has 0 aliphatic carbocycles. The van der Waals surface area contributed by atoms with Crippen LogP contribution in [0.1, 0.15) is 23.1 Å². The maximum absolute atomic E-state index is 6.16. The molecule has 0 radical (unpaired) electrons. The Morgan fingerprint density at radius 3 is 2.68 bits per heavy atom. The summed E-state index contributed by atoms with van der Waals surface area (Å²) in [5, 5.41) is 0. The number of nitrogens with zero attached hydrogens (tertiary/aromatic N) is 2. The van der Waals surface area contributed by atoms with Gasteiger partial charge in [-0.3, -0.25) is 0 Å². The first-order valence-electron chi connectivity index (χ1n) is 11.1. The first-order valence-corrected chi connectivity index (χ1v) is 11.1. The third kappa shape index (κ3) is 3.54. The Morgan fingerprint density at radius 2 is 1.71 bits per heavy atom. The number of ether oxygens (including phenoxy) is 1. The summed E-state index contributed by atoms with van der Waals surface area (Å²) >= 11 is 0. The molecule has 0 bridgehead atoms. The number of benzene rings is 3. The molecular formula is C26H26N2O3. The van der Waals surface area contributed by atoms with Crippen molar-refractivity contribution in [2.75, 3.05) is 24.5 Å². The highest BCUT2D eigenvalue weighted by Crippen LogP contribution is 2.42. The van der Waals surface area contributed by atoms with Crippen LogP contribution in [-0.2, 0) is 24.5 Å². The molecule has 3 aliphatic heterocycles. The number of anilines is 2. The molecule has 158 valence electrons. The van der Waals surface area contributed by atoms with E-state index in [1.54, 1.807) is 0 Å². The molecule has 0 spiro atoms. The van der Waals surface area contributed by atoms with Gasteiger partial charge in [-0.15, -0.1) is 0 Å². The molecule has 3 aliphatic rings. The summed E-state index contributed by atoms with van der Waals surface area (Å²) in [4.78, 5) is 15.4. The van der Waals surface area contributed by atoms with Gasteiger partial charge >= 0.3 is 0 Å². The van der Waals surface area contributed by atoms with Gasteiger partial charge in [0.05, 0.1) is 5.69 Å². The molecule has 0 aromatic heterocycles. The van der Waals surface area contributed by atoms with Crippen molar-refractivity contribution in [3.8, 4) is 11.5 Å². The highest BCUT2D eigenvalue weighted by atomic mass is 17.2. The summed E-state index contributed by atoms with van der Waals surface area (Å²) in [7, 11) is 0. The Bertz CT molecular complexity index is 1050. The van der Waals surface area contributed by atoms with E-state index in [0.717, 1.165) is 49.5 Å². The fourth-order valence-corrected chi connectivity index (χ4v) is 4.95. The van der Waals surface area contributed by atoms with Crippen LogP contribution in [0.3, 0.4) is 0 Å². The van der Waals surface area contributed by atoms with Gasteiger partial charge in [0.1, 0.15) is 19.0 Å². The fourth-order valence-electron chi connectivity index (χ4n) is 4.95. The summed E-state index contributed by atoms with van der Waals surface area (Å²) in [6.07, 6.45) is 2.16. The number of hydrogen-bond donors (Lipinski definition) is 0. The van der Waals surface area contributed by atoms with Gasteiger partial charge in [-0.25, -0.2) is 0 Å². The lowest BCUT2D eigenvalue weighted by molar-refractivity contribution is -0.194. The highest BCUT2D eigenvalue weighted by Gasteiger charge is 2.32. The minimum absolute atomic E-state index is 0.431. The highest BCUT2D eigenvalue weighted by molar-refractivity contribution is 5.73. The van der Waals surface area contributed by atoms with Crippen molar-refractivity contribution < 1.29 is 14.5 Å². The van der Waals surface area contributed by atoms with E-state index >= 15 is 0 Å². The number of para-hydroxylation sites is 3. The van der Waals surface area contributed by atoms with Gasteiger partial charge < -0.3 is 19.4 Å². The van der Waals surface area contributed by atoms with E-state index in [0.29, 0.717) is 19.3 Å². The maximum atomic E-state index is 6.16. The average Bonchev–Trinajstić information content (AvgIpc) is 3.44. The van der Waals surface area contributed by atoms with Crippen LogP contribution in [0.4, 0.5) is 11.4 Å². The van der Waals surface area contributed by atoms with Gasteiger partial charge in [0, 0.05) is 42.5 Å². The summed E-state index contributed by atoms with van der Waals surface area (Å²) in [5.41, 5.74) is 6.12. The predicted molar refractivity (Wildman–Crippen MR) is 120 cm³/mol. The third-order valence-electron chi connectivity index (χ3n) is 6.58. The van der Waals surface area contributed by atoms with Crippen molar-refractivity contribution in [1.82, 2.24) is 4.90 Å². The van der Waals surface area contributed by atoms with Crippen LogP contribution in [-0.4, -0.2) is 30.6 Å². The lowest BCUT2D eigenvalue weighted by atomic mass is 10.1. The largest absolute Gasteiger partial charge is 0.487 e. The number of likely N-dealkylation sites (tertiary alicyclic amines) is 1. The Morgan fingerprint density at radius 1 is 0.839 bits per heavy atom. The zero-order chi connectivity index (χ0) is 20.6. The minimum Gasteiger partial charge on any atom is -0.487 e. The Kier molecular flexibility index (Phi) is 4.78. The molecule has 5 nitrogen and oxygen atoms in total. The van der Waals surface area contributed by atoms with Gasteiger partial charge in [-0.1, -0.05) is 42.5 Å². The van der Waals surface area contributed by atoms with E-state index in [9.17, 15) is 0 Å². The molecule has 3 heterocycles. The summed E-state index contributed by atoms with van der Waals surface area (Å²) in [5.74, 6) is 1.84. The van der Waals surface area contributed by atoms with E-state index < -0.39 is 0 Å². The summed E-state index contributed by atoms with van der Waals surface area (Å²) < 4.78 is 6.16. The fraction of sp³-hybridized carbons (Fsp3) is 0.308. The van der Waals surface area contributed by atoms with Crippen LogP contribution in [0, 0.1) is 0 Å². The van der Waals surface area contributed by atoms with E-state index in [4.69, 9.17) is 14.5 Å². The molecule has 1 atom stereocenters. The van der Waals surface area contributed by atoms with E-state index in [-0.39, 0.29) is 0 Å². The van der Waals surface area contributed by atoms with Gasteiger partial charge in [0.15, 0.2) is 5.75 Å². The molecule has 3 aromatic rings. The number of hydrogen-bond acceptors (Lipinski definition) is 5. The van der Waals surface area contributed by atoms with E-state index in [1.807, 2.05) is 0 Å². The lowest BCUT2D eigenvalue weighted by Crippen LogP contribution is -2.35. The van der Waals surface area contributed by atoms with Crippen molar-refractivity contribution in [1.29, 1.82) is 0 Å². The average molecular weight is 415 g/mol. The molecule has 1 saturated heterocycles. The molecule has 3 aromatic carbocycles. The van der Waals surface area contributed by atoms with E-state index in [2.05, 4.69) is 76.5 Å². The normalized spacial score (nSPS) is 19.7. The first-order chi connectivity index (χ1) is 15.3. The van der Waals surface area contributed by atoms with Crippen molar-refractivity contribution in [3.63, 3.8) is 0 Å². The third-order valence-corrected chi connectivity index (χ3v) is 6.58. The van der Waals surface area contributed by atoms with Crippen molar-refractivity contribution >= 4 is 11.4 Å². The molecule has 31 heavy (non-hydrogen) atoms. The lowest BCUT2D eigenvalue weighted by Gasteiger charge is -2.32. The molecule has 0 amide bonds. The van der Waals surface area contributed by atoms with Gasteiger partial charge in [-0.05, 0) is 42.7 Å². The second-order valence-electron chi connectivity index (χ2n) is 8.54. The van der Waals surface area contributed by atoms with Crippen LogP contribution >= 0.6 is 0 Å². The number of rotatable bonds is 4.